The lowest BCUT2D eigenvalue weighted by Crippen LogP contribution is -2.46. The van der Waals surface area contributed by atoms with Crippen molar-refractivity contribution in [3.63, 3.8) is 0 Å². The molecule has 0 aliphatic carbocycles. The van der Waals surface area contributed by atoms with E-state index in [2.05, 4.69) is 46.2 Å². The van der Waals surface area contributed by atoms with Crippen LogP contribution in [0.1, 0.15) is 5.56 Å². The Labute approximate surface area is 154 Å². The quantitative estimate of drug-likeness (QED) is 0.685. The molecule has 25 heavy (non-hydrogen) atoms. The van der Waals surface area contributed by atoms with Gasteiger partial charge in [0.1, 0.15) is 5.82 Å². The van der Waals surface area contributed by atoms with Crippen molar-refractivity contribution in [3.05, 3.63) is 72.1 Å². The normalized spacial score (nSPS) is 16.5. The molecule has 0 saturated carbocycles. The van der Waals surface area contributed by atoms with Crippen LogP contribution in [0.25, 0.3) is 6.08 Å². The van der Waals surface area contributed by atoms with Crippen molar-refractivity contribution in [3.8, 4) is 0 Å². The van der Waals surface area contributed by atoms with Crippen LogP contribution in [-0.2, 0) is 0 Å². The second kappa shape index (κ2) is 9.76. The Kier molecular flexibility index (Phi) is 7.10. The minimum absolute atomic E-state index is 0.109. The van der Waals surface area contributed by atoms with Crippen LogP contribution in [0.2, 0.25) is 0 Å². The molecule has 1 aliphatic rings. The molecule has 0 bridgehead atoms. The maximum absolute atomic E-state index is 13.6. The van der Waals surface area contributed by atoms with Gasteiger partial charge >= 0.3 is 0 Å². The van der Waals surface area contributed by atoms with Gasteiger partial charge in [-0.1, -0.05) is 54.6 Å². The summed E-state index contributed by atoms with van der Waals surface area (Å²) in [6.07, 6.45) is 4.44. The van der Waals surface area contributed by atoms with Crippen LogP contribution in [0, 0.1) is 5.82 Å². The fourth-order valence-electron chi connectivity index (χ4n) is 2.94. The second-order valence-corrected chi connectivity index (χ2v) is 7.37. The van der Waals surface area contributed by atoms with E-state index in [0.29, 0.717) is 0 Å². The molecule has 3 rings (SSSR count). The molecular weight excluding hydrogens is 331 g/mol. The van der Waals surface area contributed by atoms with Gasteiger partial charge in [0.15, 0.2) is 0 Å². The number of rotatable bonds is 7. The van der Waals surface area contributed by atoms with Gasteiger partial charge in [-0.25, -0.2) is 4.39 Å². The van der Waals surface area contributed by atoms with Crippen molar-refractivity contribution < 1.29 is 4.39 Å². The summed E-state index contributed by atoms with van der Waals surface area (Å²) in [4.78, 5) is 5.72. The van der Waals surface area contributed by atoms with E-state index >= 15 is 0 Å². The molecule has 0 aromatic heterocycles. The summed E-state index contributed by atoms with van der Waals surface area (Å²) in [6.45, 7) is 6.42. The van der Waals surface area contributed by atoms with Gasteiger partial charge in [-0.3, -0.25) is 9.80 Å². The summed E-state index contributed by atoms with van der Waals surface area (Å²) >= 11 is 1.61. The third kappa shape index (κ3) is 5.99. The third-order valence-corrected chi connectivity index (χ3v) is 5.47. The van der Waals surface area contributed by atoms with Gasteiger partial charge in [-0.05, 0) is 17.7 Å². The van der Waals surface area contributed by atoms with E-state index in [9.17, 15) is 4.39 Å². The van der Waals surface area contributed by atoms with Crippen LogP contribution in [0.5, 0.6) is 0 Å². The van der Waals surface area contributed by atoms with Crippen molar-refractivity contribution in [2.45, 2.75) is 4.90 Å². The lowest BCUT2D eigenvalue weighted by atomic mass is 10.2. The van der Waals surface area contributed by atoms with E-state index in [1.54, 1.807) is 17.8 Å². The van der Waals surface area contributed by atoms with Crippen LogP contribution in [0.4, 0.5) is 4.39 Å². The minimum atomic E-state index is -0.109. The van der Waals surface area contributed by atoms with Crippen molar-refractivity contribution in [2.75, 3.05) is 45.0 Å². The lowest BCUT2D eigenvalue weighted by molar-refractivity contribution is 0.149. The van der Waals surface area contributed by atoms with E-state index in [1.165, 1.54) is 11.6 Å². The summed E-state index contributed by atoms with van der Waals surface area (Å²) in [5.41, 5.74) is 1.26. The summed E-state index contributed by atoms with van der Waals surface area (Å²) in [7, 11) is 0. The second-order valence-electron chi connectivity index (χ2n) is 6.23. The maximum atomic E-state index is 13.6. The number of thioether (sulfide) groups is 1. The van der Waals surface area contributed by atoms with Crippen molar-refractivity contribution in [1.82, 2.24) is 9.80 Å². The molecule has 132 valence electrons. The average Bonchev–Trinajstić information content (AvgIpc) is 2.65. The number of nitrogens with zero attached hydrogens (tertiary/aromatic N) is 2. The molecular formula is C21H25FN2S. The molecule has 1 heterocycles. The van der Waals surface area contributed by atoms with Crippen molar-refractivity contribution in [1.29, 1.82) is 0 Å². The van der Waals surface area contributed by atoms with Gasteiger partial charge in [-0.15, -0.1) is 11.8 Å². The first-order valence-corrected chi connectivity index (χ1v) is 9.83. The van der Waals surface area contributed by atoms with E-state index in [-0.39, 0.29) is 5.82 Å². The predicted molar refractivity (Wildman–Crippen MR) is 105 cm³/mol. The molecule has 1 saturated heterocycles. The number of hydrogen-bond donors (Lipinski definition) is 0. The van der Waals surface area contributed by atoms with Crippen LogP contribution in [0.3, 0.4) is 0 Å². The van der Waals surface area contributed by atoms with Crippen molar-refractivity contribution in [2.24, 2.45) is 0 Å². The number of benzene rings is 2. The highest BCUT2D eigenvalue weighted by Crippen LogP contribution is 2.21. The largest absolute Gasteiger partial charge is 0.300 e. The van der Waals surface area contributed by atoms with Crippen LogP contribution >= 0.6 is 11.8 Å². The molecule has 0 spiro atoms. The standard InChI is InChI=1S/C21H25FN2S/c22-20-10-4-5-11-21(20)25-18-17-24-15-13-23(14-16-24)12-6-9-19-7-2-1-3-8-19/h1-11H,12-18H2/b9-6+. The molecule has 2 aromatic rings. The highest BCUT2D eigenvalue weighted by atomic mass is 32.2. The fourth-order valence-corrected chi connectivity index (χ4v) is 3.89. The third-order valence-electron chi connectivity index (χ3n) is 4.44. The molecule has 1 aliphatic heterocycles. The van der Waals surface area contributed by atoms with Crippen LogP contribution < -0.4 is 0 Å². The number of piperazine rings is 1. The fraction of sp³-hybridized carbons (Fsp3) is 0.333. The Morgan fingerprint density at radius 2 is 1.56 bits per heavy atom. The molecule has 2 nitrogen and oxygen atoms in total. The smallest absolute Gasteiger partial charge is 0.136 e. The van der Waals surface area contributed by atoms with E-state index < -0.39 is 0 Å². The highest BCUT2D eigenvalue weighted by molar-refractivity contribution is 7.99. The molecule has 0 radical (unpaired) electrons. The zero-order valence-electron chi connectivity index (χ0n) is 14.5. The Balaban J connectivity index is 1.33. The first-order chi connectivity index (χ1) is 12.3. The number of hydrogen-bond acceptors (Lipinski definition) is 3. The lowest BCUT2D eigenvalue weighted by Gasteiger charge is -2.34. The zero-order chi connectivity index (χ0) is 17.3. The highest BCUT2D eigenvalue weighted by Gasteiger charge is 2.15. The van der Waals surface area contributed by atoms with Crippen LogP contribution in [-0.4, -0.2) is 54.8 Å². The Morgan fingerprint density at radius 3 is 2.32 bits per heavy atom. The molecule has 0 amide bonds. The van der Waals surface area contributed by atoms with Gasteiger partial charge in [-0.2, -0.15) is 0 Å². The topological polar surface area (TPSA) is 6.48 Å². The van der Waals surface area contributed by atoms with Crippen LogP contribution in [0.15, 0.2) is 65.6 Å². The van der Waals surface area contributed by atoms with E-state index in [1.807, 2.05) is 18.2 Å². The zero-order valence-corrected chi connectivity index (χ0v) is 15.3. The Morgan fingerprint density at radius 1 is 0.880 bits per heavy atom. The Bertz CT molecular complexity index is 667. The average molecular weight is 357 g/mol. The monoisotopic (exact) mass is 356 g/mol. The number of halogens is 1. The summed E-state index contributed by atoms with van der Waals surface area (Å²) in [5.74, 6) is 0.831. The van der Waals surface area contributed by atoms with Gasteiger partial charge in [0.25, 0.3) is 0 Å². The summed E-state index contributed by atoms with van der Waals surface area (Å²) in [5, 5.41) is 0. The Hall–Kier alpha value is -1.62. The van der Waals surface area contributed by atoms with Crippen molar-refractivity contribution >= 4 is 17.8 Å². The summed E-state index contributed by atoms with van der Waals surface area (Å²) in [6, 6.07) is 17.5. The van der Waals surface area contributed by atoms with Gasteiger partial charge in [0.05, 0.1) is 0 Å². The van der Waals surface area contributed by atoms with E-state index in [4.69, 9.17) is 0 Å². The first-order valence-electron chi connectivity index (χ1n) is 8.85. The predicted octanol–water partition coefficient (Wildman–Crippen LogP) is 4.25. The summed E-state index contributed by atoms with van der Waals surface area (Å²) < 4.78 is 13.6. The first kappa shape index (κ1) is 18.2. The van der Waals surface area contributed by atoms with Gasteiger partial charge in [0.2, 0.25) is 0 Å². The van der Waals surface area contributed by atoms with Gasteiger partial charge in [0, 0.05) is 49.9 Å². The van der Waals surface area contributed by atoms with E-state index in [0.717, 1.165) is 49.9 Å². The molecule has 0 N–H and O–H groups in total. The molecule has 1 fully saturated rings. The van der Waals surface area contributed by atoms with Gasteiger partial charge < -0.3 is 0 Å². The maximum Gasteiger partial charge on any atom is 0.136 e. The SMILES string of the molecule is Fc1ccccc1SCCN1CCN(C/C=C/c2ccccc2)CC1. The molecule has 0 unspecified atom stereocenters. The molecule has 2 aromatic carbocycles. The minimum Gasteiger partial charge on any atom is -0.300 e. The molecule has 0 atom stereocenters. The molecule has 4 heteroatoms.